The number of carbonyl (C=O) groups excluding carboxylic acids is 2. The van der Waals surface area contributed by atoms with Crippen molar-refractivity contribution in [2.75, 3.05) is 44.2 Å². The molecule has 0 unspecified atom stereocenters. The highest BCUT2D eigenvalue weighted by molar-refractivity contribution is 5.80. The number of piperidine rings is 1. The van der Waals surface area contributed by atoms with Crippen molar-refractivity contribution in [3.8, 4) is 5.82 Å². The van der Waals surface area contributed by atoms with Gasteiger partial charge in [0.15, 0.2) is 0 Å². The molecule has 2 fully saturated rings. The summed E-state index contributed by atoms with van der Waals surface area (Å²) >= 11 is 0. The third kappa shape index (κ3) is 4.08. The van der Waals surface area contributed by atoms with Gasteiger partial charge in [-0.1, -0.05) is 0 Å². The summed E-state index contributed by atoms with van der Waals surface area (Å²) in [5.41, 5.74) is 0. The fourth-order valence-electron chi connectivity index (χ4n) is 4.12. The van der Waals surface area contributed by atoms with Gasteiger partial charge in [-0.3, -0.25) is 14.2 Å². The number of imidazole rings is 1. The van der Waals surface area contributed by atoms with Crippen LogP contribution in [0.2, 0.25) is 0 Å². The quantitative estimate of drug-likeness (QED) is 0.764. The normalized spacial score (nSPS) is 18.2. The van der Waals surface area contributed by atoms with Crippen LogP contribution >= 0.6 is 0 Å². The molecule has 2 aromatic heterocycles. The maximum absolute atomic E-state index is 12.9. The monoisotopic (exact) mass is 397 g/mol. The molecule has 0 N–H and O–H groups in total. The minimum atomic E-state index is 0.0485. The summed E-state index contributed by atoms with van der Waals surface area (Å²) in [5, 5.41) is 0. The smallest absolute Gasteiger partial charge is 0.225 e. The Morgan fingerprint density at radius 3 is 2.21 bits per heavy atom. The zero-order valence-electron chi connectivity index (χ0n) is 17.0. The molecule has 0 spiro atoms. The third-order valence-electron chi connectivity index (χ3n) is 5.92. The first-order valence-electron chi connectivity index (χ1n) is 10.1. The number of piperazine rings is 1. The topological polar surface area (TPSA) is 87.5 Å². The second-order valence-electron chi connectivity index (χ2n) is 7.67. The fourth-order valence-corrected chi connectivity index (χ4v) is 4.12. The van der Waals surface area contributed by atoms with Crippen LogP contribution < -0.4 is 4.90 Å². The van der Waals surface area contributed by atoms with E-state index >= 15 is 0 Å². The number of carbonyl (C=O) groups is 2. The number of hydrogen-bond donors (Lipinski definition) is 0. The zero-order valence-corrected chi connectivity index (χ0v) is 17.0. The summed E-state index contributed by atoms with van der Waals surface area (Å²) < 4.78 is 1.93. The van der Waals surface area contributed by atoms with Crippen molar-refractivity contribution < 1.29 is 9.59 Å². The number of amides is 2. The van der Waals surface area contributed by atoms with Gasteiger partial charge in [-0.25, -0.2) is 15.0 Å². The molecule has 4 rings (SSSR count). The van der Waals surface area contributed by atoms with E-state index in [1.807, 2.05) is 28.7 Å². The Balaban J connectivity index is 1.35. The molecule has 0 aromatic carbocycles. The molecule has 4 heterocycles. The molecule has 2 aliphatic heterocycles. The predicted octanol–water partition coefficient (Wildman–Crippen LogP) is 0.878. The van der Waals surface area contributed by atoms with Crippen LogP contribution in [0.3, 0.4) is 0 Å². The summed E-state index contributed by atoms with van der Waals surface area (Å²) in [7, 11) is 0. The molecule has 0 radical (unpaired) electrons. The average molecular weight is 397 g/mol. The second-order valence-corrected chi connectivity index (χ2v) is 7.67. The number of rotatable bonds is 3. The van der Waals surface area contributed by atoms with Crippen LogP contribution in [0.1, 0.15) is 25.6 Å². The van der Waals surface area contributed by atoms with Crippen LogP contribution in [0, 0.1) is 12.8 Å². The predicted molar refractivity (Wildman–Crippen MR) is 108 cm³/mol. The van der Waals surface area contributed by atoms with Gasteiger partial charge >= 0.3 is 0 Å². The highest BCUT2D eigenvalue weighted by Crippen LogP contribution is 2.25. The molecule has 9 nitrogen and oxygen atoms in total. The summed E-state index contributed by atoms with van der Waals surface area (Å²) in [4.78, 5) is 43.3. The fraction of sp³-hybridized carbons (Fsp3) is 0.550. The maximum atomic E-state index is 12.9. The first-order chi connectivity index (χ1) is 14.0. The van der Waals surface area contributed by atoms with Gasteiger partial charge in [0.2, 0.25) is 11.8 Å². The molecule has 2 aromatic rings. The maximum Gasteiger partial charge on any atom is 0.225 e. The van der Waals surface area contributed by atoms with Crippen molar-refractivity contribution >= 4 is 17.6 Å². The molecule has 29 heavy (non-hydrogen) atoms. The number of anilines is 1. The van der Waals surface area contributed by atoms with Crippen LogP contribution in [0.4, 0.5) is 5.82 Å². The van der Waals surface area contributed by atoms with E-state index < -0.39 is 0 Å². The highest BCUT2D eigenvalue weighted by atomic mass is 16.2. The summed E-state index contributed by atoms with van der Waals surface area (Å²) in [6.07, 6.45) is 6.85. The van der Waals surface area contributed by atoms with Crippen molar-refractivity contribution in [3.05, 3.63) is 30.6 Å². The van der Waals surface area contributed by atoms with Gasteiger partial charge in [-0.15, -0.1) is 0 Å². The Bertz CT molecular complexity index is 880. The van der Waals surface area contributed by atoms with Crippen LogP contribution in [-0.2, 0) is 9.59 Å². The minimum Gasteiger partial charge on any atom is -0.356 e. The zero-order chi connectivity index (χ0) is 20.4. The number of aryl methyl sites for hydroxylation is 1. The SMILES string of the molecule is CC(=O)N1CCN(C(=O)C2CCN(c3cc(-n4ccnc4C)ncn3)CC2)CC1. The van der Waals surface area contributed by atoms with Gasteiger partial charge in [0.25, 0.3) is 0 Å². The molecule has 0 aliphatic carbocycles. The van der Waals surface area contributed by atoms with Gasteiger partial charge in [0, 0.05) is 70.6 Å². The molecule has 0 bridgehead atoms. The number of nitrogens with zero attached hydrogens (tertiary/aromatic N) is 7. The summed E-state index contributed by atoms with van der Waals surface area (Å²) in [5.74, 6) is 2.91. The first kappa shape index (κ1) is 19.4. The van der Waals surface area contributed by atoms with E-state index in [9.17, 15) is 9.59 Å². The Kier molecular flexibility index (Phi) is 5.46. The average Bonchev–Trinajstić information content (AvgIpc) is 3.19. The molecular formula is C20H27N7O2. The Hall–Kier alpha value is -2.97. The van der Waals surface area contributed by atoms with Crippen LogP contribution in [-0.4, -0.2) is 80.4 Å². The summed E-state index contributed by atoms with van der Waals surface area (Å²) in [6.45, 7) is 7.66. The van der Waals surface area contributed by atoms with Crippen LogP contribution in [0.15, 0.2) is 24.8 Å². The van der Waals surface area contributed by atoms with Gasteiger partial charge in [0.05, 0.1) is 0 Å². The minimum absolute atomic E-state index is 0.0485. The molecule has 154 valence electrons. The highest BCUT2D eigenvalue weighted by Gasteiger charge is 2.31. The van der Waals surface area contributed by atoms with Crippen molar-refractivity contribution in [2.45, 2.75) is 26.7 Å². The van der Waals surface area contributed by atoms with Crippen molar-refractivity contribution in [2.24, 2.45) is 5.92 Å². The van der Waals surface area contributed by atoms with Crippen molar-refractivity contribution in [1.82, 2.24) is 29.3 Å². The Morgan fingerprint density at radius 2 is 1.59 bits per heavy atom. The third-order valence-corrected chi connectivity index (χ3v) is 5.92. The second kappa shape index (κ2) is 8.18. The van der Waals surface area contributed by atoms with E-state index in [2.05, 4.69) is 19.9 Å². The lowest BCUT2D eigenvalue weighted by Crippen LogP contribution is -2.52. The first-order valence-corrected chi connectivity index (χ1v) is 10.1. The van der Waals surface area contributed by atoms with Gasteiger partial charge < -0.3 is 14.7 Å². The molecule has 2 aliphatic rings. The molecule has 0 saturated carbocycles. The lowest BCUT2D eigenvalue weighted by Gasteiger charge is -2.38. The standard InChI is InChI=1S/C20H27N7O2/c1-15-21-5-8-27(15)19-13-18(22-14-23-19)25-6-3-17(4-7-25)20(29)26-11-9-24(10-12-26)16(2)28/h5,8,13-14,17H,3-4,6-7,9-12H2,1-2H3. The van der Waals surface area contributed by atoms with Crippen LogP contribution in [0.25, 0.3) is 5.82 Å². The summed E-state index contributed by atoms with van der Waals surface area (Å²) in [6, 6.07) is 1.97. The Morgan fingerprint density at radius 1 is 0.931 bits per heavy atom. The lowest BCUT2D eigenvalue weighted by molar-refractivity contribution is -0.141. The lowest BCUT2D eigenvalue weighted by atomic mass is 9.95. The molecule has 9 heteroatoms. The van der Waals surface area contributed by atoms with E-state index in [4.69, 9.17) is 0 Å². The van der Waals surface area contributed by atoms with Crippen LogP contribution in [0.5, 0.6) is 0 Å². The molecule has 2 amide bonds. The van der Waals surface area contributed by atoms with E-state index in [0.29, 0.717) is 26.2 Å². The Labute approximate surface area is 170 Å². The van der Waals surface area contributed by atoms with Crippen molar-refractivity contribution in [3.63, 3.8) is 0 Å². The molecule has 0 atom stereocenters. The number of aromatic nitrogens is 4. The molecule has 2 saturated heterocycles. The van der Waals surface area contributed by atoms with E-state index in [1.54, 1.807) is 24.3 Å². The largest absolute Gasteiger partial charge is 0.356 e. The number of hydrogen-bond acceptors (Lipinski definition) is 6. The van der Waals surface area contributed by atoms with E-state index in [0.717, 1.165) is 43.4 Å². The van der Waals surface area contributed by atoms with Gasteiger partial charge in [0.1, 0.15) is 23.8 Å². The van der Waals surface area contributed by atoms with Gasteiger partial charge in [-0.05, 0) is 19.8 Å². The van der Waals surface area contributed by atoms with E-state index in [1.165, 1.54) is 0 Å². The van der Waals surface area contributed by atoms with E-state index in [-0.39, 0.29) is 17.7 Å². The molecular weight excluding hydrogens is 370 g/mol. The van der Waals surface area contributed by atoms with Crippen molar-refractivity contribution in [1.29, 1.82) is 0 Å². The van der Waals surface area contributed by atoms with Gasteiger partial charge in [-0.2, -0.15) is 0 Å².